The van der Waals surface area contributed by atoms with E-state index in [9.17, 15) is 9.59 Å². The van der Waals surface area contributed by atoms with Gasteiger partial charge >= 0.3 is 5.97 Å². The molecule has 0 amide bonds. The van der Waals surface area contributed by atoms with E-state index in [1.165, 1.54) is 6.92 Å². The van der Waals surface area contributed by atoms with Crippen LogP contribution in [0.25, 0.3) is 0 Å². The number of anilines is 1. The highest BCUT2D eigenvalue weighted by Crippen LogP contribution is 2.06. The van der Waals surface area contributed by atoms with Crippen LogP contribution in [0, 0.1) is 0 Å². The number of carbonyl (C=O) groups is 1. The zero-order valence-corrected chi connectivity index (χ0v) is 7.34. The number of aliphatic carboxylic acids is 1. The zero-order chi connectivity index (χ0) is 10.9. The van der Waals surface area contributed by atoms with Gasteiger partial charge in [-0.15, -0.1) is 10.2 Å². The molecule has 76 valence electrons. The third-order valence-corrected chi connectivity index (χ3v) is 1.73. The molecular formula is C6H9N5O3. The van der Waals surface area contributed by atoms with Crippen molar-refractivity contribution in [1.82, 2.24) is 14.9 Å². The molecule has 8 nitrogen and oxygen atoms in total. The molecule has 0 saturated heterocycles. The normalized spacial score (nSPS) is 12.4. The Morgan fingerprint density at radius 3 is 2.64 bits per heavy atom. The van der Waals surface area contributed by atoms with Crippen molar-refractivity contribution in [2.24, 2.45) is 0 Å². The fourth-order valence-corrected chi connectivity index (χ4v) is 0.812. The molecule has 1 aromatic heterocycles. The topological polar surface area (TPSA) is 137 Å². The lowest BCUT2D eigenvalue weighted by atomic mass is 10.1. The summed E-state index contributed by atoms with van der Waals surface area (Å²) in [6, 6.07) is 0. The average Bonchev–Trinajstić information content (AvgIpc) is 2.13. The molecule has 1 atom stereocenters. The summed E-state index contributed by atoms with van der Waals surface area (Å²) in [4.78, 5) is 21.9. The van der Waals surface area contributed by atoms with Crippen LogP contribution < -0.4 is 17.1 Å². The lowest BCUT2D eigenvalue weighted by Gasteiger charge is -2.06. The smallest absolute Gasteiger partial charge is 0.312 e. The second kappa shape index (κ2) is 3.32. The van der Waals surface area contributed by atoms with Gasteiger partial charge in [0, 0.05) is 0 Å². The van der Waals surface area contributed by atoms with E-state index in [4.69, 9.17) is 16.7 Å². The summed E-state index contributed by atoms with van der Waals surface area (Å²) < 4.78 is 0.557. The Hall–Kier alpha value is -2.12. The number of nitrogens with two attached hydrogens (primary N) is 2. The lowest BCUT2D eigenvalue weighted by molar-refractivity contribution is -0.138. The Morgan fingerprint density at radius 2 is 2.14 bits per heavy atom. The fourth-order valence-electron chi connectivity index (χ4n) is 0.812. The number of carboxylic acids is 1. The van der Waals surface area contributed by atoms with Crippen LogP contribution in [0.15, 0.2) is 4.79 Å². The van der Waals surface area contributed by atoms with Gasteiger partial charge in [0.25, 0.3) is 5.56 Å². The van der Waals surface area contributed by atoms with Crippen molar-refractivity contribution in [2.75, 3.05) is 11.6 Å². The molecule has 8 heteroatoms. The van der Waals surface area contributed by atoms with E-state index >= 15 is 0 Å². The van der Waals surface area contributed by atoms with Crippen LogP contribution in [0.4, 0.5) is 5.95 Å². The first-order valence-electron chi connectivity index (χ1n) is 3.68. The standard InChI is InChI=1S/C6H9N5O3/c1-2(5(13)14)3-4(12)11(8)6(7)10-9-3/h2H,8H2,1H3,(H2,7,10)(H,13,14). The third-order valence-electron chi connectivity index (χ3n) is 1.73. The first kappa shape index (κ1) is 9.96. The highest BCUT2D eigenvalue weighted by molar-refractivity contribution is 5.74. The molecule has 0 aliphatic rings. The van der Waals surface area contributed by atoms with Gasteiger partial charge in [-0.2, -0.15) is 4.68 Å². The van der Waals surface area contributed by atoms with Crippen LogP contribution in [-0.4, -0.2) is 25.9 Å². The molecule has 0 aliphatic carbocycles. The number of hydrogen-bond acceptors (Lipinski definition) is 6. The molecule has 1 aromatic rings. The minimum atomic E-state index is -1.18. The van der Waals surface area contributed by atoms with Gasteiger partial charge in [0.15, 0.2) is 0 Å². The van der Waals surface area contributed by atoms with Crippen molar-refractivity contribution in [2.45, 2.75) is 12.8 Å². The molecule has 1 heterocycles. The van der Waals surface area contributed by atoms with Crippen LogP contribution in [-0.2, 0) is 4.79 Å². The van der Waals surface area contributed by atoms with Crippen molar-refractivity contribution in [1.29, 1.82) is 0 Å². The number of nitrogens with zero attached hydrogens (tertiary/aromatic N) is 3. The zero-order valence-electron chi connectivity index (χ0n) is 7.34. The summed E-state index contributed by atoms with van der Waals surface area (Å²) in [7, 11) is 0. The second-order valence-corrected chi connectivity index (χ2v) is 2.68. The maximum absolute atomic E-state index is 11.3. The van der Waals surface area contributed by atoms with E-state index in [1.807, 2.05) is 0 Å². The van der Waals surface area contributed by atoms with Crippen molar-refractivity contribution in [3.05, 3.63) is 16.0 Å². The molecule has 5 N–H and O–H groups in total. The van der Waals surface area contributed by atoms with Crippen molar-refractivity contribution < 1.29 is 9.90 Å². The van der Waals surface area contributed by atoms with Crippen molar-refractivity contribution in [3.63, 3.8) is 0 Å². The van der Waals surface area contributed by atoms with Crippen LogP contribution in [0.2, 0.25) is 0 Å². The van der Waals surface area contributed by atoms with Crippen LogP contribution >= 0.6 is 0 Å². The number of carboxylic acid groups (broad SMARTS) is 1. The van der Waals surface area contributed by atoms with E-state index < -0.39 is 17.4 Å². The highest BCUT2D eigenvalue weighted by Gasteiger charge is 2.21. The summed E-state index contributed by atoms with van der Waals surface area (Å²) in [6.07, 6.45) is 0. The van der Waals surface area contributed by atoms with Gasteiger partial charge in [-0.25, -0.2) is 0 Å². The largest absolute Gasteiger partial charge is 0.481 e. The monoisotopic (exact) mass is 199 g/mol. The molecular weight excluding hydrogens is 190 g/mol. The predicted molar refractivity (Wildman–Crippen MR) is 46.9 cm³/mol. The Kier molecular flexibility index (Phi) is 2.36. The average molecular weight is 199 g/mol. The summed E-state index contributed by atoms with van der Waals surface area (Å²) in [5, 5.41) is 15.4. The number of nitrogen functional groups attached to an aromatic ring is 2. The summed E-state index contributed by atoms with van der Waals surface area (Å²) in [5.41, 5.74) is 4.18. The number of hydrogen-bond donors (Lipinski definition) is 3. The van der Waals surface area contributed by atoms with Crippen molar-refractivity contribution >= 4 is 11.9 Å². The molecule has 0 spiro atoms. The minimum absolute atomic E-state index is 0.241. The Labute approximate surface area is 78.1 Å². The lowest BCUT2D eigenvalue weighted by Crippen LogP contribution is -2.36. The van der Waals surface area contributed by atoms with Gasteiger partial charge in [-0.05, 0) is 6.92 Å². The number of rotatable bonds is 2. The third kappa shape index (κ3) is 1.49. The van der Waals surface area contributed by atoms with Crippen LogP contribution in [0.3, 0.4) is 0 Å². The molecule has 14 heavy (non-hydrogen) atoms. The maximum Gasteiger partial charge on any atom is 0.312 e. The van der Waals surface area contributed by atoms with Gasteiger partial charge in [0.1, 0.15) is 11.6 Å². The Balaban J connectivity index is 3.32. The first-order chi connectivity index (χ1) is 6.45. The Morgan fingerprint density at radius 1 is 1.57 bits per heavy atom. The van der Waals surface area contributed by atoms with Crippen molar-refractivity contribution in [3.8, 4) is 0 Å². The first-order valence-corrected chi connectivity index (χ1v) is 3.68. The maximum atomic E-state index is 11.3. The Bertz CT molecular complexity index is 426. The minimum Gasteiger partial charge on any atom is -0.481 e. The van der Waals surface area contributed by atoms with Gasteiger partial charge in [0.05, 0.1) is 0 Å². The van der Waals surface area contributed by atoms with E-state index in [2.05, 4.69) is 10.2 Å². The molecule has 0 bridgehead atoms. The highest BCUT2D eigenvalue weighted by atomic mass is 16.4. The molecule has 0 radical (unpaired) electrons. The molecule has 0 aromatic carbocycles. The summed E-state index contributed by atoms with van der Waals surface area (Å²) in [5.74, 6) is 2.69. The van der Waals surface area contributed by atoms with E-state index in [0.29, 0.717) is 4.68 Å². The summed E-state index contributed by atoms with van der Waals surface area (Å²) in [6.45, 7) is 1.31. The van der Waals surface area contributed by atoms with Gasteiger partial charge in [0.2, 0.25) is 5.95 Å². The molecule has 0 fully saturated rings. The van der Waals surface area contributed by atoms with E-state index in [1.54, 1.807) is 0 Å². The summed E-state index contributed by atoms with van der Waals surface area (Å²) >= 11 is 0. The van der Waals surface area contributed by atoms with E-state index in [0.717, 1.165) is 0 Å². The SMILES string of the molecule is CC(C(=O)O)c1nnc(N)n(N)c1=O. The van der Waals surface area contributed by atoms with Crippen LogP contribution in [0.1, 0.15) is 18.5 Å². The predicted octanol–water partition coefficient (Wildman–Crippen LogP) is -1.88. The number of aromatic nitrogens is 3. The van der Waals surface area contributed by atoms with Crippen LogP contribution in [0.5, 0.6) is 0 Å². The molecule has 1 rings (SSSR count). The molecule has 1 unspecified atom stereocenters. The fraction of sp³-hybridized carbons (Fsp3) is 0.333. The van der Waals surface area contributed by atoms with Gasteiger partial charge < -0.3 is 16.7 Å². The quantitative estimate of drug-likeness (QED) is 0.474. The molecule has 0 aliphatic heterocycles. The molecule has 0 saturated carbocycles. The van der Waals surface area contributed by atoms with Gasteiger partial charge in [-0.3, -0.25) is 9.59 Å². The van der Waals surface area contributed by atoms with Gasteiger partial charge in [-0.1, -0.05) is 0 Å². The second-order valence-electron chi connectivity index (χ2n) is 2.68. The van der Waals surface area contributed by atoms with E-state index in [-0.39, 0.29) is 11.6 Å².